The Hall–Kier alpha value is -2.40. The first kappa shape index (κ1) is 18.9. The van der Waals surface area contributed by atoms with E-state index in [-0.39, 0.29) is 5.91 Å². The number of rotatable bonds is 8. The van der Waals surface area contributed by atoms with E-state index < -0.39 is 0 Å². The molecule has 0 aromatic heterocycles. The Morgan fingerprint density at radius 1 is 1.12 bits per heavy atom. The van der Waals surface area contributed by atoms with Gasteiger partial charge in [0.2, 0.25) is 5.91 Å². The van der Waals surface area contributed by atoms with Crippen molar-refractivity contribution in [1.29, 1.82) is 0 Å². The molecule has 0 unspecified atom stereocenters. The molecule has 0 radical (unpaired) electrons. The highest BCUT2D eigenvalue weighted by atomic mass is 35.5. The maximum atomic E-state index is 12.1. The third-order valence-corrected chi connectivity index (χ3v) is 3.85. The maximum absolute atomic E-state index is 12.1. The van der Waals surface area contributed by atoms with Crippen molar-refractivity contribution in [2.24, 2.45) is 0 Å². The summed E-state index contributed by atoms with van der Waals surface area (Å²) in [7, 11) is 3.03. The molecule has 0 fully saturated rings. The zero-order chi connectivity index (χ0) is 18.2. The van der Waals surface area contributed by atoms with Gasteiger partial charge < -0.3 is 19.5 Å². The predicted octanol–water partition coefficient (Wildman–Crippen LogP) is 4.46. The highest BCUT2D eigenvalue weighted by Crippen LogP contribution is 2.35. The molecule has 25 heavy (non-hydrogen) atoms. The molecule has 0 saturated carbocycles. The summed E-state index contributed by atoms with van der Waals surface area (Å²) in [6.07, 6.45) is 0.937. The van der Waals surface area contributed by atoms with E-state index in [1.54, 1.807) is 12.1 Å². The van der Waals surface area contributed by atoms with Crippen molar-refractivity contribution in [2.75, 3.05) is 26.1 Å². The van der Waals surface area contributed by atoms with Crippen LogP contribution >= 0.6 is 11.6 Å². The number of anilines is 1. The molecular weight excluding hydrogens is 342 g/mol. The highest BCUT2D eigenvalue weighted by Gasteiger charge is 2.12. The zero-order valence-corrected chi connectivity index (χ0v) is 15.4. The number of hydrogen-bond acceptors (Lipinski definition) is 4. The van der Waals surface area contributed by atoms with Gasteiger partial charge in [0.05, 0.1) is 31.5 Å². The fraction of sp³-hybridized carbons (Fsp3) is 0.316. The number of halogens is 1. The average molecular weight is 364 g/mol. The van der Waals surface area contributed by atoms with Crippen molar-refractivity contribution in [2.45, 2.75) is 19.8 Å². The van der Waals surface area contributed by atoms with Crippen LogP contribution in [-0.4, -0.2) is 26.7 Å². The van der Waals surface area contributed by atoms with Crippen molar-refractivity contribution >= 4 is 23.2 Å². The van der Waals surface area contributed by atoms with Crippen LogP contribution in [0.2, 0.25) is 5.02 Å². The van der Waals surface area contributed by atoms with Gasteiger partial charge in [0.1, 0.15) is 17.2 Å². The Balaban J connectivity index is 1.86. The second kappa shape index (κ2) is 9.18. The quantitative estimate of drug-likeness (QED) is 0.703. The fourth-order valence-corrected chi connectivity index (χ4v) is 2.53. The summed E-state index contributed by atoms with van der Waals surface area (Å²) in [5, 5.41) is 3.23. The first-order valence-electron chi connectivity index (χ1n) is 7.94. The molecule has 134 valence electrons. The number of ether oxygens (including phenoxy) is 3. The molecule has 0 bridgehead atoms. The summed E-state index contributed by atoms with van der Waals surface area (Å²) >= 11 is 6.05. The molecule has 2 aromatic rings. The summed E-state index contributed by atoms with van der Waals surface area (Å²) in [5.41, 5.74) is 1.66. The summed E-state index contributed by atoms with van der Waals surface area (Å²) in [6.45, 7) is 2.48. The number of methoxy groups -OCH3 is 2. The highest BCUT2D eigenvalue weighted by molar-refractivity contribution is 6.32. The van der Waals surface area contributed by atoms with Crippen LogP contribution < -0.4 is 19.5 Å². The molecule has 2 rings (SSSR count). The lowest BCUT2D eigenvalue weighted by atomic mass is 10.2. The van der Waals surface area contributed by atoms with Gasteiger partial charge in [-0.2, -0.15) is 0 Å². The number of carbonyl (C=O) groups is 1. The van der Waals surface area contributed by atoms with Gasteiger partial charge in [0.25, 0.3) is 0 Å². The Bertz CT molecular complexity index is 733. The lowest BCUT2D eigenvalue weighted by Gasteiger charge is -2.13. The maximum Gasteiger partial charge on any atom is 0.224 e. The molecule has 0 aliphatic heterocycles. The van der Waals surface area contributed by atoms with E-state index in [2.05, 4.69) is 5.32 Å². The Morgan fingerprint density at radius 3 is 2.56 bits per heavy atom. The Morgan fingerprint density at radius 2 is 1.88 bits per heavy atom. The molecule has 1 N–H and O–H groups in total. The third-order valence-electron chi connectivity index (χ3n) is 3.55. The third kappa shape index (κ3) is 5.57. The normalized spacial score (nSPS) is 10.2. The Kier molecular flexibility index (Phi) is 6.95. The topological polar surface area (TPSA) is 56.8 Å². The molecular formula is C19H22ClNO4. The lowest BCUT2D eigenvalue weighted by Crippen LogP contribution is -2.13. The van der Waals surface area contributed by atoms with Crippen LogP contribution in [0.25, 0.3) is 0 Å². The molecule has 6 heteroatoms. The second-order valence-electron chi connectivity index (χ2n) is 5.50. The van der Waals surface area contributed by atoms with Crippen molar-refractivity contribution in [3.05, 3.63) is 47.0 Å². The summed E-state index contributed by atoms with van der Waals surface area (Å²) < 4.78 is 16.0. The first-order valence-corrected chi connectivity index (χ1v) is 8.32. The van der Waals surface area contributed by atoms with Gasteiger partial charge in [-0.1, -0.05) is 23.7 Å². The second-order valence-corrected chi connectivity index (χ2v) is 5.91. The smallest absolute Gasteiger partial charge is 0.224 e. The van der Waals surface area contributed by atoms with Gasteiger partial charge in [0.15, 0.2) is 0 Å². The van der Waals surface area contributed by atoms with Gasteiger partial charge in [-0.05, 0) is 31.0 Å². The minimum Gasteiger partial charge on any atom is -0.495 e. The first-order chi connectivity index (χ1) is 12.0. The number of nitrogens with one attached hydrogen (secondary N) is 1. The van der Waals surface area contributed by atoms with Crippen molar-refractivity contribution in [3.8, 4) is 17.2 Å². The van der Waals surface area contributed by atoms with Crippen LogP contribution in [0.3, 0.4) is 0 Å². The van der Waals surface area contributed by atoms with Crippen LogP contribution in [0.1, 0.15) is 18.4 Å². The van der Waals surface area contributed by atoms with Crippen molar-refractivity contribution in [3.63, 3.8) is 0 Å². The van der Waals surface area contributed by atoms with Crippen molar-refractivity contribution < 1.29 is 19.0 Å². The van der Waals surface area contributed by atoms with E-state index in [0.717, 1.165) is 11.3 Å². The van der Waals surface area contributed by atoms with Crippen LogP contribution in [0.5, 0.6) is 17.2 Å². The van der Waals surface area contributed by atoms with Gasteiger partial charge in [-0.25, -0.2) is 0 Å². The molecule has 0 spiro atoms. The van der Waals surface area contributed by atoms with E-state index in [0.29, 0.717) is 41.7 Å². The largest absolute Gasteiger partial charge is 0.495 e. The average Bonchev–Trinajstić information content (AvgIpc) is 2.60. The van der Waals surface area contributed by atoms with E-state index in [1.807, 2.05) is 31.2 Å². The van der Waals surface area contributed by atoms with E-state index in [9.17, 15) is 4.79 Å². The zero-order valence-electron chi connectivity index (χ0n) is 14.6. The summed E-state index contributed by atoms with van der Waals surface area (Å²) in [5.74, 6) is 1.63. The van der Waals surface area contributed by atoms with Crippen molar-refractivity contribution in [1.82, 2.24) is 0 Å². The minimum atomic E-state index is -0.129. The predicted molar refractivity (Wildman–Crippen MR) is 99.1 cm³/mol. The van der Waals surface area contributed by atoms with Crippen LogP contribution in [-0.2, 0) is 4.79 Å². The SMILES string of the molecule is COc1cc(NC(=O)CCCOc2cccc(C)c2)c(OC)cc1Cl. The number of aryl methyl sites for hydroxylation is 1. The summed E-state index contributed by atoms with van der Waals surface area (Å²) in [4.78, 5) is 12.1. The molecule has 0 heterocycles. The molecule has 0 atom stereocenters. The van der Waals surface area contributed by atoms with E-state index in [1.165, 1.54) is 14.2 Å². The monoisotopic (exact) mass is 363 g/mol. The number of hydrogen-bond donors (Lipinski definition) is 1. The molecule has 5 nitrogen and oxygen atoms in total. The summed E-state index contributed by atoms with van der Waals surface area (Å²) in [6, 6.07) is 11.1. The lowest BCUT2D eigenvalue weighted by molar-refractivity contribution is -0.116. The van der Waals surface area contributed by atoms with Crippen LogP contribution in [0.15, 0.2) is 36.4 Å². The van der Waals surface area contributed by atoms with Crippen LogP contribution in [0, 0.1) is 6.92 Å². The Labute approximate surface area is 152 Å². The van der Waals surface area contributed by atoms with Gasteiger partial charge in [-0.15, -0.1) is 0 Å². The number of carbonyl (C=O) groups excluding carboxylic acids is 1. The van der Waals surface area contributed by atoms with Gasteiger partial charge >= 0.3 is 0 Å². The minimum absolute atomic E-state index is 0.129. The molecule has 0 aliphatic carbocycles. The molecule has 0 saturated heterocycles. The van der Waals surface area contributed by atoms with Gasteiger partial charge in [0, 0.05) is 18.6 Å². The molecule has 2 aromatic carbocycles. The van der Waals surface area contributed by atoms with Gasteiger partial charge in [-0.3, -0.25) is 4.79 Å². The molecule has 0 aliphatic rings. The van der Waals surface area contributed by atoms with Crippen LogP contribution in [0.4, 0.5) is 5.69 Å². The van der Waals surface area contributed by atoms with E-state index >= 15 is 0 Å². The van der Waals surface area contributed by atoms with E-state index in [4.69, 9.17) is 25.8 Å². The molecule has 1 amide bonds. The number of benzene rings is 2. The standard InChI is InChI=1S/C19H22ClNO4/c1-13-6-4-7-14(10-13)25-9-5-8-19(22)21-16-12-17(23-2)15(20)11-18(16)24-3/h4,6-7,10-12H,5,8-9H2,1-3H3,(H,21,22). The number of amides is 1. The fourth-order valence-electron chi connectivity index (χ4n) is 2.30.